The van der Waals surface area contributed by atoms with Crippen molar-refractivity contribution in [2.24, 2.45) is 5.73 Å². The predicted octanol–water partition coefficient (Wildman–Crippen LogP) is 1.28. The molecule has 1 unspecified atom stereocenters. The number of halogens is 1. The summed E-state index contributed by atoms with van der Waals surface area (Å²) < 4.78 is 0. The molecular weight excluding hydrogens is 342 g/mol. The van der Waals surface area contributed by atoms with Crippen LogP contribution < -0.4 is 16.4 Å². The third-order valence-corrected chi connectivity index (χ3v) is 3.82. The van der Waals surface area contributed by atoms with Crippen molar-refractivity contribution in [3.8, 4) is 0 Å². The molecule has 2 rings (SSSR count). The number of carbonyl (C=O) groups excluding carboxylic acids is 3. The number of nitrogens with two attached hydrogens (primary N) is 1. The van der Waals surface area contributed by atoms with Crippen LogP contribution in [-0.2, 0) is 16.0 Å². The minimum absolute atomic E-state index is 0.271. The standard InChI is InChI=1S/C18H18ClN3O3/c19-14-9-5-4-8-13(14)18(25)21-11-16(23)22-15(17(20)24)10-12-6-2-1-3-7-12/h1-9,15H,10-11H2,(H2,20,24)(H,21,25)(H,22,23). The van der Waals surface area contributed by atoms with Gasteiger partial charge in [0.25, 0.3) is 5.91 Å². The first kappa shape index (κ1) is 18.5. The maximum absolute atomic E-state index is 12.0. The van der Waals surface area contributed by atoms with Crippen molar-refractivity contribution >= 4 is 29.3 Å². The van der Waals surface area contributed by atoms with Crippen LogP contribution in [0.2, 0.25) is 5.02 Å². The Balaban J connectivity index is 1.90. The lowest BCUT2D eigenvalue weighted by atomic mass is 10.1. The Morgan fingerprint density at radius 1 is 1.00 bits per heavy atom. The van der Waals surface area contributed by atoms with Crippen molar-refractivity contribution < 1.29 is 14.4 Å². The molecule has 2 aromatic carbocycles. The van der Waals surface area contributed by atoms with Crippen LogP contribution in [0.5, 0.6) is 0 Å². The molecule has 7 heteroatoms. The average Bonchev–Trinajstić information content (AvgIpc) is 2.60. The Bertz CT molecular complexity index is 765. The second-order valence-electron chi connectivity index (χ2n) is 5.37. The Hall–Kier alpha value is -2.86. The smallest absolute Gasteiger partial charge is 0.253 e. The fraction of sp³-hybridized carbons (Fsp3) is 0.167. The van der Waals surface area contributed by atoms with E-state index in [-0.39, 0.29) is 18.5 Å². The lowest BCUT2D eigenvalue weighted by Crippen LogP contribution is -2.49. The monoisotopic (exact) mass is 359 g/mol. The number of carbonyl (C=O) groups is 3. The Morgan fingerprint density at radius 3 is 2.28 bits per heavy atom. The first-order valence-corrected chi connectivity index (χ1v) is 8.00. The van der Waals surface area contributed by atoms with E-state index in [1.165, 1.54) is 0 Å². The highest BCUT2D eigenvalue weighted by Crippen LogP contribution is 2.14. The van der Waals surface area contributed by atoms with Gasteiger partial charge in [-0.3, -0.25) is 14.4 Å². The number of hydrogen-bond donors (Lipinski definition) is 3. The summed E-state index contributed by atoms with van der Waals surface area (Å²) in [7, 11) is 0. The van der Waals surface area contributed by atoms with E-state index in [0.717, 1.165) is 5.56 Å². The van der Waals surface area contributed by atoms with Crippen LogP contribution in [0.15, 0.2) is 54.6 Å². The van der Waals surface area contributed by atoms with Crippen LogP contribution in [0.1, 0.15) is 15.9 Å². The summed E-state index contributed by atoms with van der Waals surface area (Å²) in [5.41, 5.74) is 6.48. The van der Waals surface area contributed by atoms with Crippen LogP contribution in [0.4, 0.5) is 0 Å². The van der Waals surface area contributed by atoms with E-state index < -0.39 is 23.8 Å². The molecule has 0 radical (unpaired) electrons. The highest BCUT2D eigenvalue weighted by atomic mass is 35.5. The molecule has 0 heterocycles. The number of hydrogen-bond acceptors (Lipinski definition) is 3. The summed E-state index contributed by atoms with van der Waals surface area (Å²) in [4.78, 5) is 35.6. The molecule has 0 saturated carbocycles. The fourth-order valence-electron chi connectivity index (χ4n) is 2.22. The van der Waals surface area contributed by atoms with Gasteiger partial charge in [0, 0.05) is 6.42 Å². The molecule has 0 aliphatic heterocycles. The minimum atomic E-state index is -0.855. The van der Waals surface area contributed by atoms with Gasteiger partial charge in [0.2, 0.25) is 11.8 Å². The molecule has 130 valence electrons. The summed E-state index contributed by atoms with van der Waals surface area (Å²) in [6, 6.07) is 14.8. The lowest BCUT2D eigenvalue weighted by molar-refractivity contribution is -0.126. The topological polar surface area (TPSA) is 101 Å². The van der Waals surface area contributed by atoms with Crippen LogP contribution >= 0.6 is 11.6 Å². The molecule has 0 aliphatic rings. The molecule has 0 aliphatic carbocycles. The second-order valence-corrected chi connectivity index (χ2v) is 5.78. The van der Waals surface area contributed by atoms with Crippen molar-refractivity contribution in [2.75, 3.05) is 6.54 Å². The highest BCUT2D eigenvalue weighted by Gasteiger charge is 2.19. The summed E-state index contributed by atoms with van der Waals surface area (Å²) in [5, 5.41) is 5.28. The molecule has 0 fully saturated rings. The van der Waals surface area contributed by atoms with Crippen molar-refractivity contribution in [1.82, 2.24) is 10.6 Å². The predicted molar refractivity (Wildman–Crippen MR) is 95.1 cm³/mol. The van der Waals surface area contributed by atoms with Gasteiger partial charge in [0.05, 0.1) is 17.1 Å². The van der Waals surface area contributed by atoms with Crippen molar-refractivity contribution in [3.05, 3.63) is 70.7 Å². The van der Waals surface area contributed by atoms with E-state index in [1.807, 2.05) is 30.3 Å². The second kappa shape index (κ2) is 8.84. The normalized spacial score (nSPS) is 11.4. The zero-order chi connectivity index (χ0) is 18.2. The fourth-order valence-corrected chi connectivity index (χ4v) is 2.44. The summed E-state index contributed by atoms with van der Waals surface area (Å²) in [5.74, 6) is -1.63. The summed E-state index contributed by atoms with van der Waals surface area (Å²) >= 11 is 5.93. The van der Waals surface area contributed by atoms with Crippen LogP contribution in [0.25, 0.3) is 0 Å². The van der Waals surface area contributed by atoms with Gasteiger partial charge in [-0.15, -0.1) is 0 Å². The number of rotatable bonds is 7. The van der Waals surface area contributed by atoms with Gasteiger partial charge in [-0.25, -0.2) is 0 Å². The first-order chi connectivity index (χ1) is 12.0. The molecule has 2 aromatic rings. The van der Waals surface area contributed by atoms with Gasteiger partial charge in [-0.2, -0.15) is 0 Å². The summed E-state index contributed by atoms with van der Waals surface area (Å²) in [6.07, 6.45) is 0.278. The molecule has 3 amide bonds. The maximum Gasteiger partial charge on any atom is 0.253 e. The van der Waals surface area contributed by atoms with Crippen molar-refractivity contribution in [3.63, 3.8) is 0 Å². The van der Waals surface area contributed by atoms with E-state index in [0.29, 0.717) is 5.02 Å². The zero-order valence-corrected chi connectivity index (χ0v) is 14.1. The lowest BCUT2D eigenvalue weighted by Gasteiger charge is -2.16. The number of amides is 3. The van der Waals surface area contributed by atoms with Crippen LogP contribution in [0.3, 0.4) is 0 Å². The summed E-state index contributed by atoms with van der Waals surface area (Å²) in [6.45, 7) is -0.289. The molecule has 0 spiro atoms. The zero-order valence-electron chi connectivity index (χ0n) is 13.4. The van der Waals surface area contributed by atoms with Crippen molar-refractivity contribution in [1.29, 1.82) is 0 Å². The average molecular weight is 360 g/mol. The highest BCUT2D eigenvalue weighted by molar-refractivity contribution is 6.33. The van der Waals surface area contributed by atoms with E-state index >= 15 is 0 Å². The minimum Gasteiger partial charge on any atom is -0.368 e. The van der Waals surface area contributed by atoms with E-state index in [2.05, 4.69) is 10.6 Å². The Kier molecular flexibility index (Phi) is 6.54. The van der Waals surface area contributed by atoms with Crippen molar-refractivity contribution in [2.45, 2.75) is 12.5 Å². The van der Waals surface area contributed by atoms with Gasteiger partial charge >= 0.3 is 0 Å². The quantitative estimate of drug-likeness (QED) is 0.694. The van der Waals surface area contributed by atoms with Gasteiger partial charge in [0.15, 0.2) is 0 Å². The number of nitrogens with one attached hydrogen (secondary N) is 2. The largest absolute Gasteiger partial charge is 0.368 e. The molecule has 0 saturated heterocycles. The van der Waals surface area contributed by atoms with Gasteiger partial charge in [-0.1, -0.05) is 54.1 Å². The van der Waals surface area contributed by atoms with Crippen LogP contribution in [-0.4, -0.2) is 30.3 Å². The van der Waals surface area contributed by atoms with E-state index in [1.54, 1.807) is 24.3 Å². The molecule has 0 bridgehead atoms. The molecule has 1 atom stereocenters. The third kappa shape index (κ3) is 5.61. The van der Waals surface area contributed by atoms with Gasteiger partial charge in [0.1, 0.15) is 6.04 Å². The maximum atomic E-state index is 12.0. The van der Waals surface area contributed by atoms with E-state index in [9.17, 15) is 14.4 Å². The van der Waals surface area contributed by atoms with E-state index in [4.69, 9.17) is 17.3 Å². The Labute approximate surface area is 150 Å². The van der Waals surface area contributed by atoms with Crippen LogP contribution in [0, 0.1) is 0 Å². The number of primary amides is 1. The SMILES string of the molecule is NC(=O)C(Cc1ccccc1)NC(=O)CNC(=O)c1ccccc1Cl. The molecular formula is C18H18ClN3O3. The molecule has 0 aromatic heterocycles. The Morgan fingerprint density at radius 2 is 1.64 bits per heavy atom. The first-order valence-electron chi connectivity index (χ1n) is 7.62. The molecule has 25 heavy (non-hydrogen) atoms. The number of benzene rings is 2. The molecule has 4 N–H and O–H groups in total. The third-order valence-electron chi connectivity index (χ3n) is 3.49. The molecule has 6 nitrogen and oxygen atoms in total. The van der Waals surface area contributed by atoms with Gasteiger partial charge < -0.3 is 16.4 Å². The van der Waals surface area contributed by atoms with Gasteiger partial charge in [-0.05, 0) is 17.7 Å².